The maximum atomic E-state index is 12.1. The van der Waals surface area contributed by atoms with Crippen molar-refractivity contribution in [2.75, 3.05) is 0 Å². The summed E-state index contributed by atoms with van der Waals surface area (Å²) in [5, 5.41) is 17.3. The van der Waals surface area contributed by atoms with E-state index in [0.29, 0.717) is 18.4 Å². The topological polar surface area (TPSA) is 80.0 Å². The highest BCUT2D eigenvalue weighted by Gasteiger charge is 2.28. The second-order valence-electron chi connectivity index (χ2n) is 5.10. The van der Waals surface area contributed by atoms with Crippen LogP contribution in [0.3, 0.4) is 0 Å². The first-order chi connectivity index (χ1) is 9.04. The van der Waals surface area contributed by atoms with Crippen LogP contribution >= 0.6 is 0 Å². The van der Waals surface area contributed by atoms with E-state index in [9.17, 15) is 9.90 Å². The molecule has 0 aliphatic heterocycles. The van der Waals surface area contributed by atoms with Crippen LogP contribution in [0, 0.1) is 6.92 Å². The lowest BCUT2D eigenvalue weighted by molar-refractivity contribution is 0.0562. The van der Waals surface area contributed by atoms with Crippen molar-refractivity contribution in [1.82, 2.24) is 20.1 Å². The number of aryl methyl sites for hydroxylation is 2. The van der Waals surface area contributed by atoms with Crippen LogP contribution in [-0.2, 0) is 7.05 Å². The number of hydrogen-bond acceptors (Lipinski definition) is 4. The van der Waals surface area contributed by atoms with Gasteiger partial charge in [0.05, 0.1) is 17.4 Å². The highest BCUT2D eigenvalue weighted by molar-refractivity contribution is 5.97. The van der Waals surface area contributed by atoms with Gasteiger partial charge in [-0.25, -0.2) is 4.98 Å². The monoisotopic (exact) mass is 260 g/mol. The number of nitrogens with one attached hydrogen (secondary N) is 1. The average Bonchev–Trinajstić information content (AvgIpc) is 2.63. The maximum absolute atomic E-state index is 12.1. The summed E-state index contributed by atoms with van der Waals surface area (Å²) >= 11 is 0. The van der Waals surface area contributed by atoms with E-state index in [0.717, 1.165) is 16.7 Å². The Bertz CT molecular complexity index is 643. The first-order valence-corrected chi connectivity index (χ1v) is 6.33. The van der Waals surface area contributed by atoms with Gasteiger partial charge in [-0.3, -0.25) is 9.48 Å². The lowest BCUT2D eigenvalue weighted by Gasteiger charge is -2.31. The van der Waals surface area contributed by atoms with Gasteiger partial charge in [-0.1, -0.05) is 0 Å². The minimum Gasteiger partial charge on any atom is -0.393 e. The molecule has 1 aliphatic rings. The molecule has 1 aliphatic carbocycles. The SMILES string of the molecule is Cc1nn(C)c2ncc(C(=O)NC3CC(O)C3)cc12. The lowest BCUT2D eigenvalue weighted by atomic mass is 9.89. The molecule has 2 N–H and O–H groups in total. The quantitative estimate of drug-likeness (QED) is 0.825. The van der Waals surface area contributed by atoms with Crippen LogP contribution in [0.2, 0.25) is 0 Å². The summed E-state index contributed by atoms with van der Waals surface area (Å²) in [5.41, 5.74) is 2.16. The van der Waals surface area contributed by atoms with Crippen molar-refractivity contribution in [2.24, 2.45) is 7.05 Å². The fourth-order valence-electron chi connectivity index (χ4n) is 2.41. The van der Waals surface area contributed by atoms with Gasteiger partial charge in [-0.15, -0.1) is 0 Å². The molecule has 1 saturated carbocycles. The molecule has 1 amide bonds. The summed E-state index contributed by atoms with van der Waals surface area (Å²) in [6.07, 6.45) is 2.56. The van der Waals surface area contributed by atoms with Crippen LogP contribution < -0.4 is 5.32 Å². The van der Waals surface area contributed by atoms with Crippen molar-refractivity contribution in [2.45, 2.75) is 31.9 Å². The minimum absolute atomic E-state index is 0.0770. The van der Waals surface area contributed by atoms with E-state index in [1.54, 1.807) is 10.9 Å². The molecule has 6 nitrogen and oxygen atoms in total. The molecule has 6 heteroatoms. The van der Waals surface area contributed by atoms with Gasteiger partial charge in [0.2, 0.25) is 0 Å². The Morgan fingerprint density at radius 3 is 2.95 bits per heavy atom. The fourth-order valence-corrected chi connectivity index (χ4v) is 2.41. The Morgan fingerprint density at radius 1 is 1.53 bits per heavy atom. The van der Waals surface area contributed by atoms with E-state index >= 15 is 0 Å². The van der Waals surface area contributed by atoms with Gasteiger partial charge >= 0.3 is 0 Å². The summed E-state index contributed by atoms with van der Waals surface area (Å²) in [6.45, 7) is 1.90. The Morgan fingerprint density at radius 2 is 2.26 bits per heavy atom. The number of aromatic nitrogens is 3. The van der Waals surface area contributed by atoms with E-state index in [4.69, 9.17) is 0 Å². The molecule has 0 bridgehead atoms. The van der Waals surface area contributed by atoms with Gasteiger partial charge in [0, 0.05) is 24.7 Å². The predicted molar refractivity (Wildman–Crippen MR) is 69.7 cm³/mol. The average molecular weight is 260 g/mol. The number of carbonyl (C=O) groups is 1. The molecular weight excluding hydrogens is 244 g/mol. The zero-order chi connectivity index (χ0) is 13.6. The Balaban J connectivity index is 1.84. The number of hydrogen-bond donors (Lipinski definition) is 2. The maximum Gasteiger partial charge on any atom is 0.253 e. The molecule has 0 atom stereocenters. The van der Waals surface area contributed by atoms with Crippen molar-refractivity contribution in [3.63, 3.8) is 0 Å². The first-order valence-electron chi connectivity index (χ1n) is 6.33. The summed E-state index contributed by atoms with van der Waals surface area (Å²) in [7, 11) is 1.83. The van der Waals surface area contributed by atoms with Crippen LogP contribution in [0.4, 0.5) is 0 Å². The number of fused-ring (bicyclic) bond motifs is 1. The summed E-state index contributed by atoms with van der Waals surface area (Å²) in [5.74, 6) is -0.144. The number of amides is 1. The third kappa shape index (κ3) is 2.08. The van der Waals surface area contributed by atoms with Gasteiger partial charge in [0.25, 0.3) is 5.91 Å². The van der Waals surface area contributed by atoms with Gasteiger partial charge < -0.3 is 10.4 Å². The standard InChI is InChI=1S/C13H16N4O2/c1-7-11-3-8(6-14-12(11)17(2)16-7)13(19)15-9-4-10(18)5-9/h3,6,9-10,18H,4-5H2,1-2H3,(H,15,19). The van der Waals surface area contributed by atoms with Gasteiger partial charge in [-0.05, 0) is 25.8 Å². The Labute approximate surface area is 110 Å². The second kappa shape index (κ2) is 4.31. The van der Waals surface area contributed by atoms with E-state index in [-0.39, 0.29) is 18.1 Å². The highest BCUT2D eigenvalue weighted by Crippen LogP contribution is 2.21. The Kier molecular flexibility index (Phi) is 2.74. The van der Waals surface area contributed by atoms with E-state index in [1.807, 2.05) is 20.0 Å². The smallest absolute Gasteiger partial charge is 0.253 e. The normalized spacial score (nSPS) is 22.3. The summed E-state index contributed by atoms with van der Waals surface area (Å²) < 4.78 is 1.70. The Hall–Kier alpha value is -1.95. The van der Waals surface area contributed by atoms with Crippen molar-refractivity contribution < 1.29 is 9.90 Å². The minimum atomic E-state index is -0.272. The number of carbonyl (C=O) groups excluding carboxylic acids is 1. The van der Waals surface area contributed by atoms with Crippen molar-refractivity contribution >= 4 is 16.9 Å². The van der Waals surface area contributed by atoms with E-state index in [2.05, 4.69) is 15.4 Å². The van der Waals surface area contributed by atoms with Gasteiger partial charge in [0.1, 0.15) is 0 Å². The lowest BCUT2D eigenvalue weighted by Crippen LogP contribution is -2.46. The first kappa shape index (κ1) is 12.1. The third-order valence-electron chi connectivity index (χ3n) is 3.57. The third-order valence-corrected chi connectivity index (χ3v) is 3.57. The molecule has 0 radical (unpaired) electrons. The van der Waals surface area contributed by atoms with E-state index < -0.39 is 0 Å². The second-order valence-corrected chi connectivity index (χ2v) is 5.10. The van der Waals surface area contributed by atoms with Crippen molar-refractivity contribution in [3.8, 4) is 0 Å². The molecule has 2 aromatic rings. The number of nitrogens with zero attached hydrogens (tertiary/aromatic N) is 3. The summed E-state index contributed by atoms with van der Waals surface area (Å²) in [6, 6.07) is 1.89. The molecule has 3 rings (SSSR count). The molecule has 19 heavy (non-hydrogen) atoms. The van der Waals surface area contributed by atoms with Crippen LogP contribution in [0.1, 0.15) is 28.9 Å². The van der Waals surface area contributed by atoms with Gasteiger partial charge in [-0.2, -0.15) is 5.10 Å². The fraction of sp³-hybridized carbons (Fsp3) is 0.462. The molecule has 0 spiro atoms. The summed E-state index contributed by atoms with van der Waals surface area (Å²) in [4.78, 5) is 16.3. The number of rotatable bonds is 2. The predicted octanol–water partition coefficient (Wildman–Crippen LogP) is 0.530. The zero-order valence-electron chi connectivity index (χ0n) is 10.9. The van der Waals surface area contributed by atoms with Crippen LogP contribution in [-0.4, -0.2) is 37.9 Å². The molecule has 0 unspecified atom stereocenters. The number of aliphatic hydroxyl groups is 1. The molecule has 2 heterocycles. The molecular formula is C13H16N4O2. The van der Waals surface area contributed by atoms with E-state index in [1.165, 1.54) is 0 Å². The largest absolute Gasteiger partial charge is 0.393 e. The van der Waals surface area contributed by atoms with Crippen LogP contribution in [0.25, 0.3) is 11.0 Å². The number of aliphatic hydroxyl groups excluding tert-OH is 1. The molecule has 1 fully saturated rings. The van der Waals surface area contributed by atoms with Crippen molar-refractivity contribution in [3.05, 3.63) is 23.5 Å². The van der Waals surface area contributed by atoms with Crippen molar-refractivity contribution in [1.29, 1.82) is 0 Å². The molecule has 0 saturated heterocycles. The molecule has 100 valence electrons. The molecule has 2 aromatic heterocycles. The number of pyridine rings is 1. The zero-order valence-corrected chi connectivity index (χ0v) is 10.9. The van der Waals surface area contributed by atoms with Crippen LogP contribution in [0.15, 0.2) is 12.3 Å². The molecule has 0 aromatic carbocycles. The van der Waals surface area contributed by atoms with Crippen LogP contribution in [0.5, 0.6) is 0 Å². The van der Waals surface area contributed by atoms with Gasteiger partial charge in [0.15, 0.2) is 5.65 Å². The highest BCUT2D eigenvalue weighted by atomic mass is 16.3.